The van der Waals surface area contributed by atoms with Gasteiger partial charge in [-0.05, 0) is 38.9 Å². The van der Waals surface area contributed by atoms with E-state index in [-0.39, 0.29) is 12.2 Å². The summed E-state index contributed by atoms with van der Waals surface area (Å²) in [6.45, 7) is 6.49. The molecule has 0 aliphatic heterocycles. The first-order valence-electron chi connectivity index (χ1n) is 4.35. The Morgan fingerprint density at radius 3 is 2.27 bits per heavy atom. The zero-order valence-corrected chi connectivity index (χ0v) is 8.63. The minimum absolute atomic E-state index is 0.140. The molecule has 0 aromatic carbocycles. The fourth-order valence-corrected chi connectivity index (χ4v) is 2.68. The second-order valence-electron chi connectivity index (χ2n) is 4.27. The summed E-state index contributed by atoms with van der Waals surface area (Å²) in [7, 11) is -1.42. The van der Waals surface area contributed by atoms with Crippen molar-refractivity contribution in [2.75, 3.05) is 0 Å². The Morgan fingerprint density at radius 2 is 1.91 bits per heavy atom. The summed E-state index contributed by atoms with van der Waals surface area (Å²) in [5.41, 5.74) is 0. The van der Waals surface area contributed by atoms with Crippen molar-refractivity contribution in [3.63, 3.8) is 0 Å². The van der Waals surface area contributed by atoms with Gasteiger partial charge in [-0.2, -0.15) is 0 Å². The number of rotatable bonds is 2. The lowest BCUT2D eigenvalue weighted by Crippen LogP contribution is -2.35. The molecule has 1 N–H and O–H groups in total. The van der Waals surface area contributed by atoms with Crippen LogP contribution in [0.25, 0.3) is 0 Å². The first kappa shape index (κ1) is 9.23. The standard InChI is InChI=1S/C8H18O2Si/c1-11(2,3)10-8-6-4-5-7(8)9/h7-9H,4-6H2,1-3H3. The molecule has 1 fully saturated rings. The van der Waals surface area contributed by atoms with E-state index in [9.17, 15) is 5.11 Å². The average Bonchev–Trinajstić information content (AvgIpc) is 2.12. The third kappa shape index (κ3) is 2.93. The van der Waals surface area contributed by atoms with Crippen LogP contribution in [-0.2, 0) is 4.43 Å². The highest BCUT2D eigenvalue weighted by Crippen LogP contribution is 2.24. The molecule has 1 aliphatic carbocycles. The molecule has 1 rings (SSSR count). The molecule has 0 radical (unpaired) electrons. The van der Waals surface area contributed by atoms with Crippen molar-refractivity contribution < 1.29 is 9.53 Å². The molecule has 0 heterocycles. The summed E-state index contributed by atoms with van der Waals surface area (Å²) in [4.78, 5) is 0. The van der Waals surface area contributed by atoms with E-state index in [0.717, 1.165) is 19.3 Å². The van der Waals surface area contributed by atoms with Gasteiger partial charge in [0.1, 0.15) is 0 Å². The summed E-state index contributed by atoms with van der Waals surface area (Å²) >= 11 is 0. The molecule has 2 unspecified atom stereocenters. The van der Waals surface area contributed by atoms with E-state index in [0.29, 0.717) is 0 Å². The van der Waals surface area contributed by atoms with Gasteiger partial charge in [-0.1, -0.05) is 0 Å². The molecule has 2 nitrogen and oxygen atoms in total. The smallest absolute Gasteiger partial charge is 0.184 e. The summed E-state index contributed by atoms with van der Waals surface area (Å²) in [6.07, 6.45) is 3.04. The van der Waals surface area contributed by atoms with Crippen molar-refractivity contribution in [2.24, 2.45) is 0 Å². The minimum Gasteiger partial charge on any atom is -0.412 e. The highest BCUT2D eigenvalue weighted by Gasteiger charge is 2.30. The maximum absolute atomic E-state index is 9.45. The van der Waals surface area contributed by atoms with Gasteiger partial charge in [0.25, 0.3) is 0 Å². The molecule has 0 saturated heterocycles. The first-order chi connectivity index (χ1) is 4.99. The predicted octanol–water partition coefficient (Wildman–Crippen LogP) is 1.75. The minimum atomic E-state index is -1.42. The van der Waals surface area contributed by atoms with Crippen LogP contribution >= 0.6 is 0 Å². The third-order valence-corrected chi connectivity index (χ3v) is 2.93. The van der Waals surface area contributed by atoms with Crippen molar-refractivity contribution in [3.05, 3.63) is 0 Å². The summed E-state index contributed by atoms with van der Waals surface area (Å²) < 4.78 is 5.80. The van der Waals surface area contributed by atoms with E-state index in [4.69, 9.17) is 4.43 Å². The van der Waals surface area contributed by atoms with Gasteiger partial charge in [-0.25, -0.2) is 0 Å². The highest BCUT2D eigenvalue weighted by atomic mass is 28.4. The lowest BCUT2D eigenvalue weighted by Gasteiger charge is -2.25. The van der Waals surface area contributed by atoms with Crippen LogP contribution in [0, 0.1) is 0 Å². The summed E-state index contributed by atoms with van der Waals surface area (Å²) in [5.74, 6) is 0. The Balaban J connectivity index is 2.37. The fraction of sp³-hybridized carbons (Fsp3) is 1.00. The monoisotopic (exact) mass is 174 g/mol. The quantitative estimate of drug-likeness (QED) is 0.646. The zero-order valence-electron chi connectivity index (χ0n) is 7.63. The molecular weight excluding hydrogens is 156 g/mol. The van der Waals surface area contributed by atoms with Crippen LogP contribution in [0.15, 0.2) is 0 Å². The number of hydrogen-bond donors (Lipinski definition) is 1. The van der Waals surface area contributed by atoms with E-state index in [1.165, 1.54) is 0 Å². The highest BCUT2D eigenvalue weighted by molar-refractivity contribution is 6.69. The van der Waals surface area contributed by atoms with Gasteiger partial charge in [0, 0.05) is 0 Å². The van der Waals surface area contributed by atoms with Crippen LogP contribution in [0.4, 0.5) is 0 Å². The molecular formula is C8H18O2Si. The molecule has 0 spiro atoms. The van der Waals surface area contributed by atoms with E-state index in [1.807, 2.05) is 0 Å². The predicted molar refractivity (Wildman–Crippen MR) is 48.1 cm³/mol. The van der Waals surface area contributed by atoms with Crippen molar-refractivity contribution in [1.29, 1.82) is 0 Å². The second-order valence-corrected chi connectivity index (χ2v) is 8.73. The van der Waals surface area contributed by atoms with Gasteiger partial charge >= 0.3 is 0 Å². The third-order valence-electron chi connectivity index (χ3n) is 1.92. The van der Waals surface area contributed by atoms with Crippen LogP contribution in [0.3, 0.4) is 0 Å². The maximum Gasteiger partial charge on any atom is 0.184 e. The van der Waals surface area contributed by atoms with Crippen LogP contribution in [0.2, 0.25) is 19.6 Å². The molecule has 0 amide bonds. The normalized spacial score (nSPS) is 32.7. The summed E-state index contributed by atoms with van der Waals surface area (Å²) in [6, 6.07) is 0. The Bertz CT molecular complexity index is 131. The topological polar surface area (TPSA) is 29.5 Å². The van der Waals surface area contributed by atoms with E-state index >= 15 is 0 Å². The van der Waals surface area contributed by atoms with Crippen LogP contribution < -0.4 is 0 Å². The Morgan fingerprint density at radius 1 is 1.27 bits per heavy atom. The van der Waals surface area contributed by atoms with Gasteiger partial charge in [-0.3, -0.25) is 0 Å². The molecule has 66 valence electrons. The molecule has 1 aliphatic rings. The summed E-state index contributed by atoms with van der Waals surface area (Å²) in [5, 5.41) is 9.45. The van der Waals surface area contributed by atoms with Crippen LogP contribution in [0.5, 0.6) is 0 Å². The lowest BCUT2D eigenvalue weighted by atomic mass is 10.3. The van der Waals surface area contributed by atoms with Gasteiger partial charge in [0.05, 0.1) is 12.2 Å². The van der Waals surface area contributed by atoms with E-state index in [2.05, 4.69) is 19.6 Å². The average molecular weight is 174 g/mol. The van der Waals surface area contributed by atoms with E-state index in [1.54, 1.807) is 0 Å². The molecule has 3 heteroatoms. The van der Waals surface area contributed by atoms with Gasteiger partial charge in [0.2, 0.25) is 0 Å². The number of aliphatic hydroxyl groups excluding tert-OH is 1. The zero-order chi connectivity index (χ0) is 8.48. The first-order valence-corrected chi connectivity index (χ1v) is 7.76. The van der Waals surface area contributed by atoms with Crippen molar-refractivity contribution in [2.45, 2.75) is 51.1 Å². The SMILES string of the molecule is C[Si](C)(C)OC1CCCC1O. The molecule has 11 heavy (non-hydrogen) atoms. The van der Waals surface area contributed by atoms with Crippen molar-refractivity contribution in [3.8, 4) is 0 Å². The molecule has 2 atom stereocenters. The van der Waals surface area contributed by atoms with Gasteiger partial charge in [0.15, 0.2) is 8.32 Å². The molecule has 0 bridgehead atoms. The van der Waals surface area contributed by atoms with Crippen molar-refractivity contribution >= 4 is 8.32 Å². The number of hydrogen-bond acceptors (Lipinski definition) is 2. The molecule has 0 aromatic rings. The van der Waals surface area contributed by atoms with Crippen LogP contribution in [-0.4, -0.2) is 25.6 Å². The van der Waals surface area contributed by atoms with Crippen molar-refractivity contribution in [1.82, 2.24) is 0 Å². The molecule has 1 saturated carbocycles. The van der Waals surface area contributed by atoms with Gasteiger partial charge in [-0.15, -0.1) is 0 Å². The van der Waals surface area contributed by atoms with Crippen LogP contribution in [0.1, 0.15) is 19.3 Å². The van der Waals surface area contributed by atoms with E-state index < -0.39 is 8.32 Å². The largest absolute Gasteiger partial charge is 0.412 e. The number of aliphatic hydroxyl groups is 1. The maximum atomic E-state index is 9.45. The fourth-order valence-electron chi connectivity index (χ4n) is 1.50. The Labute approximate surface area is 69.7 Å². The molecule has 0 aromatic heterocycles. The lowest BCUT2D eigenvalue weighted by molar-refractivity contribution is 0.0556. The Hall–Kier alpha value is 0.137. The second kappa shape index (κ2) is 3.25. The van der Waals surface area contributed by atoms with Gasteiger partial charge < -0.3 is 9.53 Å². The Kier molecular flexibility index (Phi) is 2.73.